The van der Waals surface area contributed by atoms with Crippen molar-refractivity contribution in [2.75, 3.05) is 28.2 Å². The summed E-state index contributed by atoms with van der Waals surface area (Å²) in [5, 5.41) is 14.1. The van der Waals surface area contributed by atoms with Crippen LogP contribution < -0.4 is 5.32 Å². The Balaban J connectivity index is 2.13. The average molecular weight is 818 g/mol. The Morgan fingerprint density at radius 3 is 1.83 bits per heavy atom. The first-order valence-corrected chi connectivity index (χ1v) is 20.9. The first-order chi connectivity index (χ1) is 27.9. The van der Waals surface area contributed by atoms with Crippen LogP contribution in [0.1, 0.15) is 84.8 Å². The standard InChI is InChI=1S/C46H67N5O8/c1-11-36-26-31(4)27-39(53)48(7)25-19-18-20-32(5)42(54)47-40(30(2)3)44(56)49(8)37(28-34-21-14-12-15-22-34)43(55)51(10)41(33(6)52)45(57)50(9)38(46(58)59-36)29-35-23-16-13-17-24-35/h12-17,19,21-25,30-33,36-38,40-41,52H,11,18,20,26-29H2,1-10H3,(H,47,54)/t31?,32?,33?,36?,37-,38-,40-,41-/m0/s1. The maximum Gasteiger partial charge on any atom is 0.329 e. The van der Waals surface area contributed by atoms with E-state index in [4.69, 9.17) is 4.74 Å². The lowest BCUT2D eigenvalue weighted by Crippen LogP contribution is -2.62. The highest BCUT2D eigenvalue weighted by atomic mass is 16.5. The normalized spacial score (nSPS) is 26.3. The zero-order valence-corrected chi connectivity index (χ0v) is 36.7. The number of rotatable bonds is 7. The van der Waals surface area contributed by atoms with Crippen LogP contribution in [0.15, 0.2) is 72.9 Å². The van der Waals surface area contributed by atoms with Crippen LogP contribution in [0.4, 0.5) is 0 Å². The van der Waals surface area contributed by atoms with Crippen molar-refractivity contribution in [2.24, 2.45) is 17.8 Å². The minimum Gasteiger partial charge on any atom is -0.461 e. The van der Waals surface area contributed by atoms with Gasteiger partial charge in [-0.25, -0.2) is 4.79 Å². The van der Waals surface area contributed by atoms with Gasteiger partial charge in [0.1, 0.15) is 30.3 Å². The Bertz CT molecular complexity index is 1730. The minimum atomic E-state index is -1.45. The molecular weight excluding hydrogens is 751 g/mol. The Morgan fingerprint density at radius 2 is 1.31 bits per heavy atom. The van der Waals surface area contributed by atoms with Crippen molar-refractivity contribution in [1.29, 1.82) is 0 Å². The van der Waals surface area contributed by atoms with Crippen LogP contribution in [0.3, 0.4) is 0 Å². The molecule has 0 bridgehead atoms. The summed E-state index contributed by atoms with van der Waals surface area (Å²) in [6, 6.07) is 13.6. The SMILES string of the molecule is CCC1CC(C)CC(=O)N(C)C=CCCC(C)C(=O)N[C@@H](C(C)C)C(=O)N(C)[C@@H](Cc2ccccc2)C(=O)N(C)[C@@H](C(C)O)C(=O)N(C)[C@@H](Cc2ccccc2)C(=O)O1. The number of allylic oxidation sites excluding steroid dienone is 1. The van der Waals surface area contributed by atoms with Gasteiger partial charge in [-0.1, -0.05) is 101 Å². The van der Waals surface area contributed by atoms with Crippen molar-refractivity contribution in [1.82, 2.24) is 24.9 Å². The Morgan fingerprint density at radius 1 is 0.763 bits per heavy atom. The van der Waals surface area contributed by atoms with Gasteiger partial charge in [0, 0.05) is 59.6 Å². The summed E-state index contributed by atoms with van der Waals surface area (Å²) in [4.78, 5) is 89.8. The number of nitrogens with zero attached hydrogens (tertiary/aromatic N) is 4. The van der Waals surface area contributed by atoms with Gasteiger partial charge >= 0.3 is 5.97 Å². The molecule has 59 heavy (non-hydrogen) atoms. The predicted octanol–water partition coefficient (Wildman–Crippen LogP) is 4.61. The molecule has 1 aliphatic heterocycles. The fraction of sp³-hybridized carbons (Fsp3) is 0.565. The molecule has 8 atom stereocenters. The average Bonchev–Trinajstić information content (AvgIpc) is 3.20. The van der Waals surface area contributed by atoms with Gasteiger partial charge in [0.25, 0.3) is 0 Å². The van der Waals surface area contributed by atoms with E-state index in [-0.39, 0.29) is 42.9 Å². The van der Waals surface area contributed by atoms with E-state index in [2.05, 4.69) is 5.32 Å². The highest BCUT2D eigenvalue weighted by Crippen LogP contribution is 2.22. The minimum absolute atomic E-state index is 0.0844. The molecule has 13 heteroatoms. The van der Waals surface area contributed by atoms with E-state index >= 15 is 0 Å². The molecule has 13 nitrogen and oxygen atoms in total. The molecule has 0 spiro atoms. The molecule has 2 N–H and O–H groups in total. The summed E-state index contributed by atoms with van der Waals surface area (Å²) >= 11 is 0. The maximum atomic E-state index is 14.7. The van der Waals surface area contributed by atoms with Crippen LogP contribution in [0.25, 0.3) is 0 Å². The largest absolute Gasteiger partial charge is 0.461 e. The lowest BCUT2D eigenvalue weighted by molar-refractivity contribution is -0.163. The number of benzene rings is 2. The summed E-state index contributed by atoms with van der Waals surface area (Å²) in [5.74, 6) is -3.83. The van der Waals surface area contributed by atoms with Gasteiger partial charge in [-0.2, -0.15) is 0 Å². The van der Waals surface area contributed by atoms with Crippen LogP contribution in [0.5, 0.6) is 0 Å². The van der Waals surface area contributed by atoms with Gasteiger partial charge in [-0.05, 0) is 55.6 Å². The van der Waals surface area contributed by atoms with Crippen molar-refractivity contribution in [3.8, 4) is 0 Å². The molecule has 324 valence electrons. The van der Waals surface area contributed by atoms with E-state index in [1.165, 1.54) is 42.8 Å². The Labute approximate surface area is 351 Å². The van der Waals surface area contributed by atoms with Crippen molar-refractivity contribution in [3.05, 3.63) is 84.1 Å². The fourth-order valence-corrected chi connectivity index (χ4v) is 7.36. The van der Waals surface area contributed by atoms with Gasteiger partial charge in [-0.15, -0.1) is 0 Å². The molecular formula is C46H67N5O8. The number of amides is 5. The van der Waals surface area contributed by atoms with E-state index in [1.807, 2.05) is 94.4 Å². The van der Waals surface area contributed by atoms with Gasteiger partial charge in [0.15, 0.2) is 0 Å². The number of hydrogen-bond acceptors (Lipinski definition) is 8. The van der Waals surface area contributed by atoms with Gasteiger partial charge in [-0.3, -0.25) is 24.0 Å². The molecule has 3 rings (SSSR count). The van der Waals surface area contributed by atoms with Gasteiger partial charge < -0.3 is 34.8 Å². The fourth-order valence-electron chi connectivity index (χ4n) is 7.36. The second-order valence-corrected chi connectivity index (χ2v) is 16.6. The van der Waals surface area contributed by atoms with Crippen molar-refractivity contribution < 1.29 is 38.6 Å². The number of esters is 1. The number of hydrogen-bond donors (Lipinski definition) is 2. The van der Waals surface area contributed by atoms with Gasteiger partial charge in [0.05, 0.1) is 6.10 Å². The third-order valence-electron chi connectivity index (χ3n) is 11.3. The number of aliphatic hydroxyl groups is 1. The second kappa shape index (κ2) is 22.9. The summed E-state index contributed by atoms with van der Waals surface area (Å²) in [7, 11) is 6.04. The predicted molar refractivity (Wildman–Crippen MR) is 227 cm³/mol. The molecule has 2 aromatic rings. The Hall–Kier alpha value is -5.04. The van der Waals surface area contributed by atoms with Crippen molar-refractivity contribution >= 4 is 35.5 Å². The number of cyclic esters (lactones) is 1. The first-order valence-electron chi connectivity index (χ1n) is 20.9. The molecule has 0 saturated carbocycles. The van der Waals surface area contributed by atoms with Crippen LogP contribution in [0, 0.1) is 17.8 Å². The van der Waals surface area contributed by atoms with Crippen LogP contribution in [-0.4, -0.2) is 125 Å². The van der Waals surface area contributed by atoms with Crippen LogP contribution >= 0.6 is 0 Å². The number of carbonyl (C=O) groups is 6. The van der Waals surface area contributed by atoms with E-state index < -0.39 is 66.0 Å². The monoisotopic (exact) mass is 817 g/mol. The zero-order valence-electron chi connectivity index (χ0n) is 36.7. The molecule has 4 unspecified atom stereocenters. The summed E-state index contributed by atoms with van der Waals surface area (Å²) in [6.07, 6.45) is 3.85. The second-order valence-electron chi connectivity index (χ2n) is 16.6. The summed E-state index contributed by atoms with van der Waals surface area (Å²) in [6.45, 7) is 10.6. The highest BCUT2D eigenvalue weighted by Gasteiger charge is 2.42. The van der Waals surface area contributed by atoms with Crippen LogP contribution in [0.2, 0.25) is 0 Å². The van der Waals surface area contributed by atoms with E-state index in [1.54, 1.807) is 20.2 Å². The molecule has 1 aliphatic rings. The zero-order chi connectivity index (χ0) is 44.0. The molecule has 2 aromatic carbocycles. The molecule has 0 saturated heterocycles. The highest BCUT2D eigenvalue weighted by molar-refractivity contribution is 5.95. The molecule has 5 amide bonds. The quantitative estimate of drug-likeness (QED) is 0.384. The van der Waals surface area contributed by atoms with E-state index in [0.29, 0.717) is 25.7 Å². The smallest absolute Gasteiger partial charge is 0.329 e. The van der Waals surface area contributed by atoms with Crippen molar-refractivity contribution in [3.63, 3.8) is 0 Å². The molecule has 0 fully saturated rings. The molecule has 0 aromatic heterocycles. The molecule has 0 aliphatic carbocycles. The number of ether oxygens (including phenoxy) is 1. The van der Waals surface area contributed by atoms with E-state index in [9.17, 15) is 33.9 Å². The maximum absolute atomic E-state index is 14.7. The first kappa shape index (κ1) is 48.3. The molecule has 1 heterocycles. The topological polar surface area (TPSA) is 157 Å². The summed E-state index contributed by atoms with van der Waals surface area (Å²) < 4.78 is 6.09. The number of carbonyl (C=O) groups excluding carboxylic acids is 6. The van der Waals surface area contributed by atoms with Crippen molar-refractivity contribution in [2.45, 2.75) is 123 Å². The lowest BCUT2D eigenvalue weighted by atomic mass is 9.97. The lowest BCUT2D eigenvalue weighted by Gasteiger charge is -2.39. The number of nitrogens with one attached hydrogen (secondary N) is 1. The van der Waals surface area contributed by atoms with Crippen LogP contribution in [-0.2, 0) is 46.3 Å². The number of likely N-dealkylation sites (N-methyl/N-ethyl adjacent to an activating group) is 3. The van der Waals surface area contributed by atoms with E-state index in [0.717, 1.165) is 16.0 Å². The third-order valence-corrected chi connectivity index (χ3v) is 11.3. The Kier molecular flexibility index (Phi) is 18.8. The summed E-state index contributed by atoms with van der Waals surface area (Å²) in [5.41, 5.74) is 1.52. The van der Waals surface area contributed by atoms with Gasteiger partial charge in [0.2, 0.25) is 29.5 Å². The molecule has 0 radical (unpaired) electrons. The third kappa shape index (κ3) is 13.8. The number of aliphatic hydroxyl groups excluding tert-OH is 1.